The highest BCUT2D eigenvalue weighted by Gasteiger charge is 2.42. The fraction of sp³-hybridized carbons (Fsp3) is 0.875. The molecule has 0 spiro atoms. The van der Waals surface area contributed by atoms with Crippen molar-refractivity contribution in [2.45, 2.75) is 77.9 Å². The first-order chi connectivity index (χ1) is 7.82. The predicted molar refractivity (Wildman–Crippen MR) is 80.7 cm³/mol. The van der Waals surface area contributed by atoms with Gasteiger partial charge in [0.15, 0.2) is 0 Å². The topological polar surface area (TPSA) is 0 Å². The van der Waals surface area contributed by atoms with Gasteiger partial charge in [0.25, 0.3) is 0 Å². The van der Waals surface area contributed by atoms with Crippen LogP contribution in [0.2, 0.25) is 16.6 Å². The molecule has 98 valence electrons. The molecule has 0 bridgehead atoms. The Balaban J connectivity index is 2.95. The molecule has 1 rings (SSSR count). The summed E-state index contributed by atoms with van der Waals surface area (Å²) in [6.45, 7) is 16.7. The van der Waals surface area contributed by atoms with Gasteiger partial charge in [-0.05, 0) is 35.4 Å². The minimum absolute atomic E-state index is 0.637. The van der Waals surface area contributed by atoms with Crippen LogP contribution in [0, 0.1) is 23.3 Å². The van der Waals surface area contributed by atoms with Gasteiger partial charge in [-0.25, -0.2) is 0 Å². The summed E-state index contributed by atoms with van der Waals surface area (Å²) in [5.74, 6) is 5.20. The maximum Gasteiger partial charge on any atom is 0.145 e. The quantitative estimate of drug-likeness (QED) is 0.472. The Bertz CT molecular complexity index is 277. The summed E-state index contributed by atoms with van der Waals surface area (Å²) < 4.78 is 0. The highest BCUT2D eigenvalue weighted by atomic mass is 28.3. The van der Waals surface area contributed by atoms with E-state index < -0.39 is 8.07 Å². The van der Waals surface area contributed by atoms with E-state index >= 15 is 0 Å². The first-order valence-corrected chi connectivity index (χ1v) is 9.58. The third kappa shape index (κ3) is 3.16. The zero-order valence-corrected chi connectivity index (χ0v) is 13.8. The smallest absolute Gasteiger partial charge is 0.130 e. The first-order valence-electron chi connectivity index (χ1n) is 7.35. The van der Waals surface area contributed by atoms with E-state index in [1.165, 1.54) is 12.8 Å². The molecule has 0 nitrogen and oxygen atoms in total. The molecule has 0 aromatic carbocycles. The molecule has 0 aromatic rings. The van der Waals surface area contributed by atoms with Crippen molar-refractivity contribution >= 4 is 8.07 Å². The molecule has 1 aliphatic carbocycles. The average Bonchev–Trinajstić information content (AvgIpc) is 2.99. The van der Waals surface area contributed by atoms with Gasteiger partial charge in [0.05, 0.1) is 0 Å². The zero-order chi connectivity index (χ0) is 13.2. The van der Waals surface area contributed by atoms with E-state index in [1.807, 2.05) is 0 Å². The second kappa shape index (κ2) is 5.61. The first kappa shape index (κ1) is 14.8. The fourth-order valence-corrected chi connectivity index (χ4v) is 8.73. The Morgan fingerprint density at radius 1 is 0.824 bits per heavy atom. The summed E-state index contributed by atoms with van der Waals surface area (Å²) in [4.78, 5) is 0. The van der Waals surface area contributed by atoms with E-state index in [4.69, 9.17) is 0 Å². The highest BCUT2D eigenvalue weighted by molar-refractivity contribution is 6.90. The molecule has 0 N–H and O–H groups in total. The molecule has 0 aliphatic heterocycles. The lowest BCUT2D eigenvalue weighted by molar-refractivity contribution is 0.650. The second-order valence-electron chi connectivity index (χ2n) is 6.79. The van der Waals surface area contributed by atoms with Gasteiger partial charge in [0, 0.05) is 5.92 Å². The average molecular weight is 251 g/mol. The van der Waals surface area contributed by atoms with Gasteiger partial charge >= 0.3 is 0 Å². The highest BCUT2D eigenvalue weighted by Crippen LogP contribution is 2.41. The van der Waals surface area contributed by atoms with Gasteiger partial charge in [-0.2, -0.15) is 0 Å². The van der Waals surface area contributed by atoms with Crippen LogP contribution in [0.4, 0.5) is 0 Å². The van der Waals surface area contributed by atoms with E-state index in [-0.39, 0.29) is 0 Å². The van der Waals surface area contributed by atoms with Gasteiger partial charge in [-0.3, -0.25) is 0 Å². The summed E-state index contributed by atoms with van der Waals surface area (Å²) >= 11 is 0. The summed E-state index contributed by atoms with van der Waals surface area (Å²) in [6, 6.07) is 0. The van der Waals surface area contributed by atoms with E-state index in [0.717, 1.165) is 22.5 Å². The largest absolute Gasteiger partial charge is 0.145 e. The van der Waals surface area contributed by atoms with Crippen LogP contribution >= 0.6 is 0 Å². The molecule has 0 amide bonds. The maximum atomic E-state index is 3.84. The maximum absolute atomic E-state index is 3.84. The predicted octanol–water partition coefficient (Wildman–Crippen LogP) is 5.25. The fourth-order valence-electron chi connectivity index (χ4n) is 3.39. The lowest BCUT2D eigenvalue weighted by Gasteiger charge is -2.38. The normalized spacial score (nSPS) is 18.5. The van der Waals surface area contributed by atoms with Crippen molar-refractivity contribution in [1.82, 2.24) is 0 Å². The van der Waals surface area contributed by atoms with Gasteiger partial charge < -0.3 is 0 Å². The van der Waals surface area contributed by atoms with Crippen LogP contribution in [0.3, 0.4) is 0 Å². The Labute approximate surface area is 110 Å². The molecule has 0 saturated heterocycles. The van der Waals surface area contributed by atoms with Crippen LogP contribution in [0.5, 0.6) is 0 Å². The van der Waals surface area contributed by atoms with Crippen molar-refractivity contribution in [3.63, 3.8) is 0 Å². The lowest BCUT2D eigenvalue weighted by atomic mass is 10.1. The second-order valence-corrected chi connectivity index (χ2v) is 12.4. The molecule has 1 saturated carbocycles. The molecule has 1 atom stereocenters. The van der Waals surface area contributed by atoms with Gasteiger partial charge in [-0.15, -0.1) is 11.5 Å². The third-order valence-corrected chi connectivity index (χ3v) is 11.0. The Hall–Kier alpha value is -0.223. The van der Waals surface area contributed by atoms with Gasteiger partial charge in [0.1, 0.15) is 8.07 Å². The van der Waals surface area contributed by atoms with E-state index in [9.17, 15) is 0 Å². The molecule has 1 unspecified atom stereocenters. The summed E-state index contributed by atoms with van der Waals surface area (Å²) in [5, 5.41) is 0. The van der Waals surface area contributed by atoms with Crippen molar-refractivity contribution < 1.29 is 0 Å². The van der Waals surface area contributed by atoms with Crippen LogP contribution in [0.25, 0.3) is 0 Å². The SMILES string of the molecule is CC(C#C[Si](C(C)C)(C(C)C)C(C)C)C1CC1. The number of hydrogen-bond acceptors (Lipinski definition) is 0. The molecule has 17 heavy (non-hydrogen) atoms. The third-order valence-electron chi connectivity index (χ3n) is 4.71. The number of hydrogen-bond donors (Lipinski definition) is 0. The van der Waals surface area contributed by atoms with Crippen molar-refractivity contribution in [1.29, 1.82) is 0 Å². The van der Waals surface area contributed by atoms with E-state index in [1.54, 1.807) is 0 Å². The molecule has 1 aliphatic rings. The van der Waals surface area contributed by atoms with Gasteiger partial charge in [-0.1, -0.05) is 48.5 Å². The summed E-state index contributed by atoms with van der Waals surface area (Å²) in [7, 11) is -1.47. The minimum Gasteiger partial charge on any atom is -0.130 e. The monoisotopic (exact) mass is 250 g/mol. The molecule has 1 heteroatoms. The van der Waals surface area contributed by atoms with Crippen LogP contribution in [-0.4, -0.2) is 8.07 Å². The van der Waals surface area contributed by atoms with Crippen molar-refractivity contribution in [2.75, 3.05) is 0 Å². The molecular weight excluding hydrogens is 220 g/mol. The Morgan fingerprint density at radius 3 is 1.53 bits per heavy atom. The molecular formula is C16H30Si. The van der Waals surface area contributed by atoms with Gasteiger partial charge in [0.2, 0.25) is 0 Å². The standard InChI is InChI=1S/C16H30Si/c1-12(2)17(13(3)4,14(5)6)11-10-15(7)16-8-9-16/h12-16H,8-9H2,1-7H3. The summed E-state index contributed by atoms with van der Waals surface area (Å²) in [6.07, 6.45) is 2.82. The minimum atomic E-state index is -1.47. The molecule has 0 aromatic heterocycles. The van der Waals surface area contributed by atoms with Crippen LogP contribution in [0.1, 0.15) is 61.3 Å². The lowest BCUT2D eigenvalue weighted by Crippen LogP contribution is -2.43. The number of rotatable bonds is 4. The van der Waals surface area contributed by atoms with E-state index in [0.29, 0.717) is 5.92 Å². The molecule has 1 fully saturated rings. The van der Waals surface area contributed by atoms with Crippen LogP contribution in [-0.2, 0) is 0 Å². The van der Waals surface area contributed by atoms with Crippen LogP contribution < -0.4 is 0 Å². The van der Waals surface area contributed by atoms with Crippen molar-refractivity contribution in [2.24, 2.45) is 11.8 Å². The van der Waals surface area contributed by atoms with Crippen molar-refractivity contribution in [3.8, 4) is 11.5 Å². The Morgan fingerprint density at radius 2 is 1.24 bits per heavy atom. The van der Waals surface area contributed by atoms with E-state index in [2.05, 4.69) is 59.9 Å². The van der Waals surface area contributed by atoms with Crippen molar-refractivity contribution in [3.05, 3.63) is 0 Å². The molecule has 0 radical (unpaired) electrons. The molecule has 0 heterocycles. The van der Waals surface area contributed by atoms with Crippen LogP contribution in [0.15, 0.2) is 0 Å². The zero-order valence-electron chi connectivity index (χ0n) is 12.8. The summed E-state index contributed by atoms with van der Waals surface area (Å²) in [5.41, 5.74) is 6.14. The Kier molecular flexibility index (Phi) is 4.90.